The second-order valence-electron chi connectivity index (χ2n) is 4.41. The molecule has 0 bridgehead atoms. The minimum atomic E-state index is -0.814. The van der Waals surface area contributed by atoms with Crippen LogP contribution in [0.15, 0.2) is 24.3 Å². The van der Waals surface area contributed by atoms with Gasteiger partial charge in [0.15, 0.2) is 0 Å². The highest BCUT2D eigenvalue weighted by Gasteiger charge is 2.23. The van der Waals surface area contributed by atoms with Crippen LogP contribution >= 0.6 is 11.6 Å². The first kappa shape index (κ1) is 12.4. The van der Waals surface area contributed by atoms with E-state index in [-0.39, 0.29) is 17.8 Å². The molecule has 2 rings (SSSR count). The number of halogens is 2. The van der Waals surface area contributed by atoms with Gasteiger partial charge in [-0.05, 0) is 30.5 Å². The van der Waals surface area contributed by atoms with Gasteiger partial charge in [-0.2, -0.15) is 0 Å². The van der Waals surface area contributed by atoms with E-state index >= 15 is 0 Å². The number of hydrogen-bond acceptors (Lipinski definition) is 1. The van der Waals surface area contributed by atoms with E-state index in [0.717, 1.165) is 25.7 Å². The quantitative estimate of drug-likeness (QED) is 0.826. The first-order chi connectivity index (χ1) is 8.16. The highest BCUT2D eigenvalue weighted by molar-refractivity contribution is 6.30. The second-order valence-corrected chi connectivity index (χ2v) is 4.84. The van der Waals surface area contributed by atoms with E-state index in [0.29, 0.717) is 5.56 Å². The normalized spacial score (nSPS) is 18.0. The number of carbonyl (C=O) groups excluding carboxylic acids is 1. The maximum Gasteiger partial charge on any atom is 0.242 e. The third-order valence-corrected chi connectivity index (χ3v) is 3.52. The Labute approximate surface area is 105 Å². The predicted molar refractivity (Wildman–Crippen MR) is 65.4 cm³/mol. The lowest BCUT2D eigenvalue weighted by Gasteiger charge is -2.15. The van der Waals surface area contributed by atoms with Gasteiger partial charge in [0.1, 0.15) is 11.2 Å². The van der Waals surface area contributed by atoms with Gasteiger partial charge in [0.25, 0.3) is 0 Å². The number of benzene rings is 1. The first-order valence-electron chi connectivity index (χ1n) is 5.87. The summed E-state index contributed by atoms with van der Waals surface area (Å²) in [7, 11) is 0. The molecular weight excluding hydrogens is 241 g/mol. The first-order valence-corrected chi connectivity index (χ1v) is 6.30. The molecule has 2 nitrogen and oxygen atoms in total. The van der Waals surface area contributed by atoms with Crippen LogP contribution in [0.3, 0.4) is 0 Å². The van der Waals surface area contributed by atoms with Gasteiger partial charge in [0, 0.05) is 6.04 Å². The van der Waals surface area contributed by atoms with Crippen molar-refractivity contribution in [1.82, 2.24) is 5.32 Å². The SMILES string of the molecule is O=C(NC1CCCC1)C(Cl)c1cccc(F)c1. The average molecular weight is 256 g/mol. The van der Waals surface area contributed by atoms with Crippen LogP contribution in [0.5, 0.6) is 0 Å². The molecule has 0 heterocycles. The van der Waals surface area contributed by atoms with Gasteiger partial charge in [0.2, 0.25) is 5.91 Å². The number of rotatable bonds is 3. The summed E-state index contributed by atoms with van der Waals surface area (Å²) < 4.78 is 13.0. The molecule has 1 fully saturated rings. The van der Waals surface area contributed by atoms with Crippen molar-refractivity contribution in [2.75, 3.05) is 0 Å². The third-order valence-electron chi connectivity index (χ3n) is 3.07. The van der Waals surface area contributed by atoms with Crippen LogP contribution in [-0.2, 0) is 4.79 Å². The summed E-state index contributed by atoms with van der Waals surface area (Å²) in [5.41, 5.74) is 0.502. The van der Waals surface area contributed by atoms with Crippen molar-refractivity contribution in [3.63, 3.8) is 0 Å². The fourth-order valence-corrected chi connectivity index (χ4v) is 2.36. The highest BCUT2D eigenvalue weighted by atomic mass is 35.5. The largest absolute Gasteiger partial charge is 0.352 e. The van der Waals surface area contributed by atoms with E-state index < -0.39 is 5.38 Å². The fourth-order valence-electron chi connectivity index (χ4n) is 2.16. The molecule has 0 saturated heterocycles. The number of nitrogens with one attached hydrogen (secondary N) is 1. The number of amides is 1. The van der Waals surface area contributed by atoms with Crippen LogP contribution in [0.1, 0.15) is 36.6 Å². The van der Waals surface area contributed by atoms with Gasteiger partial charge in [-0.3, -0.25) is 4.79 Å². The Hall–Kier alpha value is -1.09. The molecule has 1 N–H and O–H groups in total. The van der Waals surface area contributed by atoms with Crippen molar-refractivity contribution < 1.29 is 9.18 Å². The number of hydrogen-bond donors (Lipinski definition) is 1. The molecule has 1 amide bonds. The van der Waals surface area contributed by atoms with Crippen LogP contribution in [0.25, 0.3) is 0 Å². The molecule has 1 unspecified atom stereocenters. The summed E-state index contributed by atoms with van der Waals surface area (Å²) in [5.74, 6) is -0.606. The molecule has 1 atom stereocenters. The van der Waals surface area contributed by atoms with Crippen LogP contribution in [0, 0.1) is 5.82 Å². The minimum absolute atomic E-state index is 0.232. The summed E-state index contributed by atoms with van der Waals surface area (Å²) in [6, 6.07) is 6.09. The average Bonchev–Trinajstić information content (AvgIpc) is 2.80. The minimum Gasteiger partial charge on any atom is -0.352 e. The van der Waals surface area contributed by atoms with Crippen LogP contribution < -0.4 is 5.32 Å². The zero-order valence-electron chi connectivity index (χ0n) is 9.46. The van der Waals surface area contributed by atoms with E-state index in [4.69, 9.17) is 11.6 Å². The van der Waals surface area contributed by atoms with Crippen molar-refractivity contribution >= 4 is 17.5 Å². The standard InChI is InChI=1S/C13H15ClFNO/c14-12(9-4-3-5-10(15)8-9)13(17)16-11-6-1-2-7-11/h3-5,8,11-12H,1-2,6-7H2,(H,16,17). The van der Waals surface area contributed by atoms with E-state index in [1.807, 2.05) is 0 Å². The Morgan fingerprint density at radius 3 is 2.76 bits per heavy atom. The van der Waals surface area contributed by atoms with Crippen LogP contribution in [-0.4, -0.2) is 11.9 Å². The smallest absolute Gasteiger partial charge is 0.242 e. The second kappa shape index (κ2) is 5.50. The molecule has 17 heavy (non-hydrogen) atoms. The summed E-state index contributed by atoms with van der Waals surface area (Å²) in [6.07, 6.45) is 4.33. The van der Waals surface area contributed by atoms with Gasteiger partial charge in [-0.15, -0.1) is 11.6 Å². The van der Waals surface area contributed by atoms with Crippen LogP contribution in [0.2, 0.25) is 0 Å². The maximum absolute atomic E-state index is 13.0. The lowest BCUT2D eigenvalue weighted by Crippen LogP contribution is -2.34. The molecule has 92 valence electrons. The molecular formula is C13H15ClFNO. The van der Waals surface area contributed by atoms with Crippen molar-refractivity contribution in [2.24, 2.45) is 0 Å². The zero-order chi connectivity index (χ0) is 12.3. The van der Waals surface area contributed by atoms with Gasteiger partial charge in [-0.1, -0.05) is 25.0 Å². The lowest BCUT2D eigenvalue weighted by atomic mass is 10.1. The Kier molecular flexibility index (Phi) is 4.00. The molecule has 0 aliphatic heterocycles. The lowest BCUT2D eigenvalue weighted by molar-refractivity contribution is -0.121. The van der Waals surface area contributed by atoms with Gasteiger partial charge < -0.3 is 5.32 Å². The van der Waals surface area contributed by atoms with E-state index in [1.165, 1.54) is 12.1 Å². The van der Waals surface area contributed by atoms with E-state index in [1.54, 1.807) is 12.1 Å². The number of alkyl halides is 1. The van der Waals surface area contributed by atoms with Crippen molar-refractivity contribution in [1.29, 1.82) is 0 Å². The third kappa shape index (κ3) is 3.19. The van der Waals surface area contributed by atoms with Crippen molar-refractivity contribution in [2.45, 2.75) is 37.1 Å². The topological polar surface area (TPSA) is 29.1 Å². The van der Waals surface area contributed by atoms with Crippen molar-refractivity contribution in [3.05, 3.63) is 35.6 Å². The maximum atomic E-state index is 13.0. The predicted octanol–water partition coefficient (Wildman–Crippen LogP) is 3.16. The summed E-state index contributed by atoms with van der Waals surface area (Å²) in [4.78, 5) is 11.8. The highest BCUT2D eigenvalue weighted by Crippen LogP contribution is 2.23. The molecule has 4 heteroatoms. The Morgan fingerprint density at radius 1 is 1.41 bits per heavy atom. The number of carbonyl (C=O) groups is 1. The summed E-state index contributed by atoms with van der Waals surface area (Å²) >= 11 is 6.03. The van der Waals surface area contributed by atoms with E-state index in [2.05, 4.69) is 5.32 Å². The van der Waals surface area contributed by atoms with E-state index in [9.17, 15) is 9.18 Å². The summed E-state index contributed by atoms with van der Waals surface area (Å²) in [5, 5.41) is 2.09. The van der Waals surface area contributed by atoms with Crippen LogP contribution in [0.4, 0.5) is 4.39 Å². The van der Waals surface area contributed by atoms with Crippen molar-refractivity contribution in [3.8, 4) is 0 Å². The van der Waals surface area contributed by atoms with Gasteiger partial charge in [-0.25, -0.2) is 4.39 Å². The molecule has 1 aliphatic rings. The Balaban J connectivity index is 1.98. The fraction of sp³-hybridized carbons (Fsp3) is 0.462. The summed E-state index contributed by atoms with van der Waals surface area (Å²) in [6.45, 7) is 0. The molecule has 1 aromatic rings. The molecule has 1 saturated carbocycles. The molecule has 0 spiro atoms. The monoisotopic (exact) mass is 255 g/mol. The molecule has 1 aromatic carbocycles. The zero-order valence-corrected chi connectivity index (χ0v) is 10.2. The Bertz CT molecular complexity index is 404. The molecule has 0 radical (unpaired) electrons. The molecule has 1 aliphatic carbocycles. The van der Waals surface area contributed by atoms with Gasteiger partial charge in [0.05, 0.1) is 0 Å². The molecule has 0 aromatic heterocycles. The van der Waals surface area contributed by atoms with Gasteiger partial charge >= 0.3 is 0 Å². The Morgan fingerprint density at radius 2 is 2.12 bits per heavy atom.